The van der Waals surface area contributed by atoms with Gasteiger partial charge in [-0.2, -0.15) is 13.5 Å². The van der Waals surface area contributed by atoms with Crippen molar-refractivity contribution in [2.75, 3.05) is 0 Å². The van der Waals surface area contributed by atoms with Crippen LogP contribution in [0, 0.1) is 0 Å². The number of fused-ring (bicyclic) bond motifs is 1. The van der Waals surface area contributed by atoms with Crippen LogP contribution in [-0.2, 0) is 20.9 Å². The minimum absolute atomic E-state index is 0. The van der Waals surface area contributed by atoms with Crippen molar-refractivity contribution in [3.05, 3.63) is 34.9 Å². The number of imide groups is 2. The third-order valence-electron chi connectivity index (χ3n) is 4.08. The summed E-state index contributed by atoms with van der Waals surface area (Å²) in [5.41, 5.74) is 0.907. The number of carbonyl (C=O) groups excluding carboxylic acids is 5. The van der Waals surface area contributed by atoms with E-state index in [1.165, 1.54) is 13.0 Å². The quantitative estimate of drug-likeness (QED) is 0.725. The first kappa shape index (κ1) is 18.7. The fraction of sp³-hybridized carbons (Fsp3) is 0.312. The predicted octanol–water partition coefficient (Wildman–Crippen LogP) is -0.163. The zero-order valence-corrected chi connectivity index (χ0v) is 14.4. The number of nitrogens with one attached hydrogen (secondary N) is 2. The van der Waals surface area contributed by atoms with Crippen molar-refractivity contribution in [3.8, 4) is 0 Å². The van der Waals surface area contributed by atoms with Crippen LogP contribution < -0.4 is 10.6 Å². The molecule has 0 radical (unpaired) electrons. The zero-order chi connectivity index (χ0) is 17.4. The second-order valence-corrected chi connectivity index (χ2v) is 5.70. The highest BCUT2D eigenvalue weighted by molar-refractivity contribution is 7.59. The third kappa shape index (κ3) is 3.27. The Bertz CT molecular complexity index is 792. The van der Waals surface area contributed by atoms with Gasteiger partial charge in [-0.1, -0.05) is 12.1 Å². The highest BCUT2D eigenvalue weighted by Crippen LogP contribution is 2.29. The van der Waals surface area contributed by atoms with Gasteiger partial charge < -0.3 is 5.32 Å². The SMILES string of the molecule is CC(=O)NCc1cccc2c1C(=O)N([C@H]1CCC(=O)NC1=O)C2=O.S. The summed E-state index contributed by atoms with van der Waals surface area (Å²) in [4.78, 5) is 60.6. The van der Waals surface area contributed by atoms with E-state index in [9.17, 15) is 24.0 Å². The van der Waals surface area contributed by atoms with Gasteiger partial charge in [-0.05, 0) is 18.1 Å². The van der Waals surface area contributed by atoms with Crippen molar-refractivity contribution >= 4 is 43.0 Å². The molecule has 0 saturated carbocycles. The molecule has 132 valence electrons. The number of rotatable bonds is 3. The van der Waals surface area contributed by atoms with E-state index < -0.39 is 29.7 Å². The van der Waals surface area contributed by atoms with Crippen LogP contribution in [0.4, 0.5) is 0 Å². The highest BCUT2D eigenvalue weighted by Gasteiger charge is 2.45. The zero-order valence-electron chi connectivity index (χ0n) is 13.4. The molecular formula is C16H17N3O5S. The molecule has 1 saturated heterocycles. The molecule has 0 spiro atoms. The lowest BCUT2D eigenvalue weighted by Gasteiger charge is -2.27. The molecule has 9 heteroatoms. The Labute approximate surface area is 150 Å². The van der Waals surface area contributed by atoms with Gasteiger partial charge in [0.25, 0.3) is 11.8 Å². The Morgan fingerprint density at radius 2 is 1.96 bits per heavy atom. The van der Waals surface area contributed by atoms with Crippen LogP contribution in [0.25, 0.3) is 0 Å². The van der Waals surface area contributed by atoms with Gasteiger partial charge in [0.05, 0.1) is 11.1 Å². The first-order chi connectivity index (χ1) is 11.4. The minimum atomic E-state index is -0.997. The lowest BCUT2D eigenvalue weighted by molar-refractivity contribution is -0.136. The molecule has 2 heterocycles. The maximum Gasteiger partial charge on any atom is 0.262 e. The van der Waals surface area contributed by atoms with Gasteiger partial charge >= 0.3 is 0 Å². The Balaban J connectivity index is 0.00000225. The lowest BCUT2D eigenvalue weighted by Crippen LogP contribution is -2.54. The van der Waals surface area contributed by atoms with Crippen molar-refractivity contribution in [2.45, 2.75) is 32.4 Å². The summed E-state index contributed by atoms with van der Waals surface area (Å²) in [5, 5.41) is 4.74. The molecule has 0 bridgehead atoms. The standard InChI is InChI=1S/C16H15N3O5.H2S/c1-8(20)17-7-9-3-2-4-10-13(9)16(24)19(15(10)23)11-5-6-12(21)18-14(11)22;/h2-4,11H,5-7H2,1H3,(H,17,20)(H,18,21,22);1H2/t11-;/m0./s1. The van der Waals surface area contributed by atoms with Crippen LogP contribution in [0.5, 0.6) is 0 Å². The molecule has 1 atom stereocenters. The van der Waals surface area contributed by atoms with Crippen molar-refractivity contribution < 1.29 is 24.0 Å². The average molecular weight is 363 g/mol. The molecule has 2 aliphatic heterocycles. The van der Waals surface area contributed by atoms with Gasteiger partial charge in [-0.25, -0.2) is 0 Å². The number of carbonyl (C=O) groups is 5. The molecule has 0 unspecified atom stereocenters. The Kier molecular flexibility index (Phi) is 5.27. The average Bonchev–Trinajstić information content (AvgIpc) is 2.78. The van der Waals surface area contributed by atoms with Crippen molar-refractivity contribution in [1.82, 2.24) is 15.5 Å². The third-order valence-corrected chi connectivity index (χ3v) is 4.08. The summed E-state index contributed by atoms with van der Waals surface area (Å²) in [6.07, 6.45) is 0.180. The molecule has 5 amide bonds. The largest absolute Gasteiger partial charge is 0.352 e. The van der Waals surface area contributed by atoms with Crippen molar-refractivity contribution in [1.29, 1.82) is 0 Å². The van der Waals surface area contributed by atoms with E-state index in [4.69, 9.17) is 0 Å². The number of piperidine rings is 1. The van der Waals surface area contributed by atoms with Gasteiger partial charge in [0.2, 0.25) is 17.7 Å². The lowest BCUT2D eigenvalue weighted by atomic mass is 10.0. The second kappa shape index (κ2) is 7.06. The summed E-state index contributed by atoms with van der Waals surface area (Å²) in [5.74, 6) is -2.46. The molecule has 1 fully saturated rings. The smallest absolute Gasteiger partial charge is 0.262 e. The van der Waals surface area contributed by atoms with Crippen molar-refractivity contribution in [3.63, 3.8) is 0 Å². The number of amides is 5. The summed E-state index contributed by atoms with van der Waals surface area (Å²) in [6.45, 7) is 1.46. The summed E-state index contributed by atoms with van der Waals surface area (Å²) >= 11 is 0. The number of benzene rings is 1. The summed E-state index contributed by atoms with van der Waals surface area (Å²) < 4.78 is 0. The van der Waals surface area contributed by atoms with Crippen LogP contribution in [0.3, 0.4) is 0 Å². The maximum atomic E-state index is 12.7. The molecule has 25 heavy (non-hydrogen) atoms. The highest BCUT2D eigenvalue weighted by atomic mass is 32.1. The van der Waals surface area contributed by atoms with Crippen LogP contribution in [0.15, 0.2) is 18.2 Å². The fourth-order valence-electron chi connectivity index (χ4n) is 2.95. The van der Waals surface area contributed by atoms with Gasteiger partial charge in [0.1, 0.15) is 6.04 Å². The Hall–Kier alpha value is -2.68. The van der Waals surface area contributed by atoms with Gasteiger partial charge in [0.15, 0.2) is 0 Å². The van der Waals surface area contributed by atoms with E-state index in [0.717, 1.165) is 4.90 Å². The monoisotopic (exact) mass is 363 g/mol. The number of nitrogens with zero attached hydrogens (tertiary/aromatic N) is 1. The molecular weight excluding hydrogens is 346 g/mol. The summed E-state index contributed by atoms with van der Waals surface area (Å²) in [6, 6.07) is 3.78. The van der Waals surface area contributed by atoms with Crippen molar-refractivity contribution in [2.24, 2.45) is 0 Å². The van der Waals surface area contributed by atoms with E-state index in [-0.39, 0.29) is 49.9 Å². The van der Waals surface area contributed by atoms with E-state index in [1.54, 1.807) is 12.1 Å². The molecule has 0 aliphatic carbocycles. The first-order valence-electron chi connectivity index (χ1n) is 7.48. The Morgan fingerprint density at radius 3 is 2.60 bits per heavy atom. The fourth-order valence-corrected chi connectivity index (χ4v) is 2.95. The normalized spacial score (nSPS) is 19.2. The molecule has 0 aromatic heterocycles. The van der Waals surface area contributed by atoms with E-state index in [1.807, 2.05) is 0 Å². The first-order valence-corrected chi connectivity index (χ1v) is 7.48. The second-order valence-electron chi connectivity index (χ2n) is 5.70. The molecule has 2 N–H and O–H groups in total. The summed E-state index contributed by atoms with van der Waals surface area (Å²) in [7, 11) is 0. The molecule has 3 rings (SSSR count). The topological polar surface area (TPSA) is 113 Å². The molecule has 1 aromatic carbocycles. The van der Waals surface area contributed by atoms with Crippen LogP contribution in [-0.4, -0.2) is 40.5 Å². The van der Waals surface area contributed by atoms with Gasteiger partial charge in [-0.15, -0.1) is 0 Å². The van der Waals surface area contributed by atoms with Crippen LogP contribution in [0.1, 0.15) is 46.0 Å². The van der Waals surface area contributed by atoms with Crippen LogP contribution >= 0.6 is 13.5 Å². The van der Waals surface area contributed by atoms with E-state index >= 15 is 0 Å². The van der Waals surface area contributed by atoms with Crippen LogP contribution in [0.2, 0.25) is 0 Å². The maximum absolute atomic E-state index is 12.7. The Morgan fingerprint density at radius 1 is 1.24 bits per heavy atom. The predicted molar refractivity (Wildman–Crippen MR) is 91.0 cm³/mol. The molecule has 2 aliphatic rings. The van der Waals surface area contributed by atoms with E-state index in [0.29, 0.717) is 5.56 Å². The van der Waals surface area contributed by atoms with E-state index in [2.05, 4.69) is 10.6 Å². The van der Waals surface area contributed by atoms with Gasteiger partial charge in [-0.3, -0.25) is 34.2 Å². The number of hydrogen-bond acceptors (Lipinski definition) is 5. The molecule has 1 aromatic rings. The van der Waals surface area contributed by atoms with Gasteiger partial charge in [0, 0.05) is 19.9 Å². The number of hydrogen-bond donors (Lipinski definition) is 2. The minimum Gasteiger partial charge on any atom is -0.352 e. The molecule has 8 nitrogen and oxygen atoms in total.